The van der Waals surface area contributed by atoms with Gasteiger partial charge < -0.3 is 5.32 Å². The van der Waals surface area contributed by atoms with E-state index >= 15 is 0 Å². The van der Waals surface area contributed by atoms with Crippen molar-refractivity contribution in [2.75, 3.05) is 18.4 Å². The molecular formula is C23H21BrN2O3S. The van der Waals surface area contributed by atoms with Gasteiger partial charge in [0.25, 0.3) is 5.91 Å². The topological polar surface area (TPSA) is 66.5 Å². The molecule has 1 amide bonds. The van der Waals surface area contributed by atoms with E-state index in [1.807, 2.05) is 36.4 Å². The highest BCUT2D eigenvalue weighted by molar-refractivity contribution is 9.10. The van der Waals surface area contributed by atoms with Crippen molar-refractivity contribution in [3.05, 3.63) is 82.8 Å². The first-order chi connectivity index (χ1) is 14.4. The standard InChI is InChI=1S/C23H21BrN2O3S/c24-20-9-11-21(12-10-20)25-23(27)19-5-3-17(4-6-19)18-7-13-22(14-8-18)30(28,29)26-15-1-2-16-26/h3-14H,1-2,15-16H2,(H,25,27). The van der Waals surface area contributed by atoms with Crippen molar-refractivity contribution in [3.8, 4) is 11.1 Å². The zero-order valence-electron chi connectivity index (χ0n) is 16.2. The summed E-state index contributed by atoms with van der Waals surface area (Å²) in [5.74, 6) is -0.184. The highest BCUT2D eigenvalue weighted by atomic mass is 79.9. The van der Waals surface area contributed by atoms with Gasteiger partial charge in [0.1, 0.15) is 0 Å². The molecular weight excluding hydrogens is 464 g/mol. The van der Waals surface area contributed by atoms with Crippen LogP contribution in [0.25, 0.3) is 11.1 Å². The summed E-state index contributed by atoms with van der Waals surface area (Å²) in [6.45, 7) is 1.18. The predicted molar refractivity (Wildman–Crippen MR) is 122 cm³/mol. The second-order valence-electron chi connectivity index (χ2n) is 7.17. The van der Waals surface area contributed by atoms with Gasteiger partial charge in [-0.05, 0) is 72.5 Å². The molecule has 0 saturated carbocycles. The van der Waals surface area contributed by atoms with Crippen LogP contribution in [0.5, 0.6) is 0 Å². The zero-order chi connectivity index (χ0) is 21.1. The quantitative estimate of drug-likeness (QED) is 0.544. The summed E-state index contributed by atoms with van der Waals surface area (Å²) in [4.78, 5) is 12.8. The maximum Gasteiger partial charge on any atom is 0.255 e. The minimum Gasteiger partial charge on any atom is -0.322 e. The number of nitrogens with zero attached hydrogens (tertiary/aromatic N) is 1. The summed E-state index contributed by atoms with van der Waals surface area (Å²) in [5.41, 5.74) is 3.09. The molecule has 0 aliphatic carbocycles. The van der Waals surface area contributed by atoms with Gasteiger partial charge in [-0.3, -0.25) is 4.79 Å². The summed E-state index contributed by atoms with van der Waals surface area (Å²) >= 11 is 3.37. The molecule has 0 spiro atoms. The van der Waals surface area contributed by atoms with Crippen LogP contribution < -0.4 is 5.32 Å². The van der Waals surface area contributed by atoms with Crippen LogP contribution >= 0.6 is 15.9 Å². The number of halogens is 1. The Balaban J connectivity index is 1.47. The van der Waals surface area contributed by atoms with Gasteiger partial charge in [-0.1, -0.05) is 40.2 Å². The molecule has 0 unspecified atom stereocenters. The molecule has 0 bridgehead atoms. The first kappa shape index (κ1) is 20.8. The molecule has 1 aliphatic heterocycles. The van der Waals surface area contributed by atoms with E-state index in [0.717, 1.165) is 34.1 Å². The van der Waals surface area contributed by atoms with Gasteiger partial charge in [-0.25, -0.2) is 8.42 Å². The third kappa shape index (κ3) is 4.48. The van der Waals surface area contributed by atoms with Crippen LogP contribution in [0.3, 0.4) is 0 Å². The van der Waals surface area contributed by atoms with Crippen LogP contribution in [0.4, 0.5) is 5.69 Å². The van der Waals surface area contributed by atoms with Gasteiger partial charge in [0.05, 0.1) is 4.90 Å². The fourth-order valence-electron chi connectivity index (χ4n) is 3.45. The molecule has 30 heavy (non-hydrogen) atoms. The van der Waals surface area contributed by atoms with Crippen LogP contribution in [0.1, 0.15) is 23.2 Å². The maximum atomic E-state index is 12.6. The van der Waals surface area contributed by atoms with E-state index in [1.165, 1.54) is 0 Å². The first-order valence-electron chi connectivity index (χ1n) is 9.71. The molecule has 5 nitrogen and oxygen atoms in total. The second-order valence-corrected chi connectivity index (χ2v) is 10.0. The number of hydrogen-bond donors (Lipinski definition) is 1. The number of rotatable bonds is 5. The van der Waals surface area contributed by atoms with Crippen LogP contribution in [0.2, 0.25) is 0 Å². The molecule has 4 rings (SSSR count). The van der Waals surface area contributed by atoms with Crippen molar-refractivity contribution in [1.82, 2.24) is 4.31 Å². The van der Waals surface area contributed by atoms with Gasteiger partial charge in [0.2, 0.25) is 10.0 Å². The minimum absolute atomic E-state index is 0.184. The molecule has 1 saturated heterocycles. The number of carbonyl (C=O) groups is 1. The summed E-state index contributed by atoms with van der Waals surface area (Å²) in [7, 11) is -3.41. The van der Waals surface area contributed by atoms with Gasteiger partial charge >= 0.3 is 0 Å². The molecule has 0 radical (unpaired) electrons. The molecule has 1 fully saturated rings. The van der Waals surface area contributed by atoms with Gasteiger partial charge in [-0.15, -0.1) is 0 Å². The first-order valence-corrected chi connectivity index (χ1v) is 11.9. The SMILES string of the molecule is O=C(Nc1ccc(Br)cc1)c1ccc(-c2ccc(S(=O)(=O)N3CCCC3)cc2)cc1. The van der Waals surface area contributed by atoms with Crippen molar-refractivity contribution in [2.45, 2.75) is 17.7 Å². The molecule has 1 aliphatic rings. The molecule has 154 valence electrons. The van der Waals surface area contributed by atoms with Crippen LogP contribution in [-0.2, 0) is 10.0 Å². The van der Waals surface area contributed by atoms with E-state index in [4.69, 9.17) is 0 Å². The smallest absolute Gasteiger partial charge is 0.255 e. The average molecular weight is 485 g/mol. The third-order valence-electron chi connectivity index (χ3n) is 5.14. The number of sulfonamides is 1. The van der Waals surface area contributed by atoms with Crippen LogP contribution in [0, 0.1) is 0 Å². The van der Waals surface area contributed by atoms with Crippen LogP contribution in [0.15, 0.2) is 82.2 Å². The molecule has 7 heteroatoms. The maximum absolute atomic E-state index is 12.6. The zero-order valence-corrected chi connectivity index (χ0v) is 18.6. The van der Waals surface area contributed by atoms with E-state index < -0.39 is 10.0 Å². The Morgan fingerprint density at radius 2 is 1.33 bits per heavy atom. The molecule has 3 aromatic rings. The lowest BCUT2D eigenvalue weighted by molar-refractivity contribution is 0.102. The number of carbonyl (C=O) groups excluding carboxylic acids is 1. The van der Waals surface area contributed by atoms with Crippen LogP contribution in [-0.4, -0.2) is 31.7 Å². The minimum atomic E-state index is -3.41. The Labute approximate surface area is 184 Å². The molecule has 3 aromatic carbocycles. The Hall–Kier alpha value is -2.48. The van der Waals surface area contributed by atoms with E-state index in [1.54, 1.807) is 40.7 Å². The molecule has 1 heterocycles. The van der Waals surface area contributed by atoms with Gasteiger partial charge in [0, 0.05) is 28.8 Å². The normalized spacial score (nSPS) is 14.6. The lowest BCUT2D eigenvalue weighted by atomic mass is 10.0. The van der Waals surface area contributed by atoms with E-state index in [-0.39, 0.29) is 5.91 Å². The van der Waals surface area contributed by atoms with Crippen molar-refractivity contribution in [2.24, 2.45) is 0 Å². The lowest BCUT2D eigenvalue weighted by Gasteiger charge is -2.15. The number of amides is 1. The highest BCUT2D eigenvalue weighted by Crippen LogP contribution is 2.25. The number of benzene rings is 3. The highest BCUT2D eigenvalue weighted by Gasteiger charge is 2.26. The van der Waals surface area contributed by atoms with Crippen molar-refractivity contribution >= 4 is 37.5 Å². The number of hydrogen-bond acceptors (Lipinski definition) is 3. The molecule has 0 atom stereocenters. The molecule has 1 N–H and O–H groups in total. The molecule has 0 aromatic heterocycles. The largest absolute Gasteiger partial charge is 0.322 e. The van der Waals surface area contributed by atoms with E-state index in [2.05, 4.69) is 21.2 Å². The summed E-state index contributed by atoms with van der Waals surface area (Å²) in [6.07, 6.45) is 1.83. The van der Waals surface area contributed by atoms with Crippen molar-refractivity contribution in [3.63, 3.8) is 0 Å². The second kappa shape index (κ2) is 8.71. The predicted octanol–water partition coefficient (Wildman–Crippen LogP) is 5.15. The van der Waals surface area contributed by atoms with E-state index in [0.29, 0.717) is 23.5 Å². The monoisotopic (exact) mass is 484 g/mol. The fraction of sp³-hybridized carbons (Fsp3) is 0.174. The van der Waals surface area contributed by atoms with E-state index in [9.17, 15) is 13.2 Å². The number of nitrogens with one attached hydrogen (secondary N) is 1. The average Bonchev–Trinajstić information content (AvgIpc) is 3.31. The Bertz CT molecular complexity index is 1140. The van der Waals surface area contributed by atoms with Crippen molar-refractivity contribution in [1.29, 1.82) is 0 Å². The fourth-order valence-corrected chi connectivity index (χ4v) is 5.23. The Morgan fingerprint density at radius 3 is 1.90 bits per heavy atom. The Morgan fingerprint density at radius 1 is 0.800 bits per heavy atom. The van der Waals surface area contributed by atoms with Crippen molar-refractivity contribution < 1.29 is 13.2 Å². The summed E-state index contributed by atoms with van der Waals surface area (Å²) in [5, 5.41) is 2.86. The summed E-state index contributed by atoms with van der Waals surface area (Å²) in [6, 6.07) is 21.5. The lowest BCUT2D eigenvalue weighted by Crippen LogP contribution is -2.27. The third-order valence-corrected chi connectivity index (χ3v) is 7.58. The Kier molecular flexibility index (Phi) is 6.04. The van der Waals surface area contributed by atoms with Gasteiger partial charge in [0.15, 0.2) is 0 Å². The van der Waals surface area contributed by atoms with Gasteiger partial charge in [-0.2, -0.15) is 4.31 Å². The summed E-state index contributed by atoms with van der Waals surface area (Å²) < 4.78 is 27.8. The number of anilines is 1.